The molecule has 0 aliphatic carbocycles. The summed E-state index contributed by atoms with van der Waals surface area (Å²) in [4.78, 5) is 28.5. The van der Waals surface area contributed by atoms with E-state index in [-0.39, 0.29) is 18.4 Å². The van der Waals surface area contributed by atoms with Gasteiger partial charge in [-0.3, -0.25) is 9.59 Å². The summed E-state index contributed by atoms with van der Waals surface area (Å²) in [7, 11) is 0. The highest BCUT2D eigenvalue weighted by Gasteiger charge is 2.15. The minimum Gasteiger partial charge on any atom is -0.484 e. The van der Waals surface area contributed by atoms with Gasteiger partial charge >= 0.3 is 0 Å². The van der Waals surface area contributed by atoms with Gasteiger partial charge in [0.2, 0.25) is 5.91 Å². The number of nitrogens with one attached hydrogen (secondary N) is 2. The van der Waals surface area contributed by atoms with Crippen LogP contribution in [0.3, 0.4) is 0 Å². The van der Waals surface area contributed by atoms with Crippen LogP contribution in [0.2, 0.25) is 0 Å². The van der Waals surface area contributed by atoms with Gasteiger partial charge in [0.25, 0.3) is 5.91 Å². The lowest BCUT2D eigenvalue weighted by Crippen LogP contribution is -2.21. The highest BCUT2D eigenvalue weighted by molar-refractivity contribution is 7.21. The number of amides is 2. The molecule has 6 nitrogen and oxygen atoms in total. The minimum atomic E-state index is -0.243. The normalized spacial score (nSPS) is 12.8. The third kappa shape index (κ3) is 4.27. The van der Waals surface area contributed by atoms with Gasteiger partial charge in [-0.1, -0.05) is 24.3 Å². The lowest BCUT2D eigenvalue weighted by atomic mass is 10.0. The predicted molar refractivity (Wildman–Crippen MR) is 123 cm³/mol. The van der Waals surface area contributed by atoms with Gasteiger partial charge in [-0.25, -0.2) is 4.98 Å². The number of carbonyl (C=O) groups excluding carboxylic acids is 2. The van der Waals surface area contributed by atoms with E-state index in [9.17, 15) is 9.59 Å². The smallest absolute Gasteiger partial charge is 0.262 e. The molecule has 1 aliphatic heterocycles. The van der Waals surface area contributed by atoms with Gasteiger partial charge in [0.15, 0.2) is 6.61 Å². The Hall–Kier alpha value is -3.71. The third-order valence-corrected chi connectivity index (χ3v) is 6.11. The summed E-state index contributed by atoms with van der Waals surface area (Å²) >= 11 is 1.62. The summed E-state index contributed by atoms with van der Waals surface area (Å²) in [6.45, 7) is -0.101. The monoisotopic (exact) mass is 429 g/mol. The van der Waals surface area contributed by atoms with E-state index in [0.29, 0.717) is 24.3 Å². The molecule has 154 valence electrons. The average Bonchev–Trinajstić information content (AvgIpc) is 3.22. The number of benzene rings is 3. The van der Waals surface area contributed by atoms with Gasteiger partial charge < -0.3 is 15.4 Å². The molecule has 1 aromatic heterocycles. The first-order valence-corrected chi connectivity index (χ1v) is 10.8. The topological polar surface area (TPSA) is 80.3 Å². The summed E-state index contributed by atoms with van der Waals surface area (Å²) in [5.41, 5.74) is 4.44. The number of rotatable bonds is 5. The molecule has 0 saturated heterocycles. The van der Waals surface area contributed by atoms with E-state index < -0.39 is 0 Å². The Balaban J connectivity index is 1.24. The Kier molecular flexibility index (Phi) is 5.09. The van der Waals surface area contributed by atoms with Crippen molar-refractivity contribution in [2.24, 2.45) is 0 Å². The largest absolute Gasteiger partial charge is 0.484 e. The highest BCUT2D eigenvalue weighted by Crippen LogP contribution is 2.31. The molecule has 0 fully saturated rings. The molecule has 0 bridgehead atoms. The van der Waals surface area contributed by atoms with Crippen LogP contribution in [0.4, 0.5) is 11.4 Å². The second-order valence-electron chi connectivity index (χ2n) is 7.27. The maximum Gasteiger partial charge on any atom is 0.262 e. The lowest BCUT2D eigenvalue weighted by Gasteiger charge is -2.17. The fraction of sp³-hybridized carbons (Fsp3) is 0.125. The van der Waals surface area contributed by atoms with Gasteiger partial charge in [0, 0.05) is 23.4 Å². The number of carbonyl (C=O) groups is 2. The third-order valence-electron chi connectivity index (χ3n) is 5.03. The van der Waals surface area contributed by atoms with Crippen LogP contribution in [-0.4, -0.2) is 23.4 Å². The minimum absolute atomic E-state index is 0.0219. The Morgan fingerprint density at radius 2 is 1.97 bits per heavy atom. The zero-order valence-corrected chi connectivity index (χ0v) is 17.4. The van der Waals surface area contributed by atoms with Crippen molar-refractivity contribution < 1.29 is 14.3 Å². The number of ether oxygens (including phenoxy) is 1. The summed E-state index contributed by atoms with van der Waals surface area (Å²) in [6.07, 6.45) is 1.13. The van der Waals surface area contributed by atoms with Crippen LogP contribution in [0.5, 0.6) is 5.75 Å². The van der Waals surface area contributed by atoms with E-state index in [2.05, 4.69) is 15.6 Å². The number of hydrogen-bond acceptors (Lipinski definition) is 5. The summed E-state index contributed by atoms with van der Waals surface area (Å²) in [5.74, 6) is 0.384. The van der Waals surface area contributed by atoms with Gasteiger partial charge in [-0.2, -0.15) is 0 Å². The first-order chi connectivity index (χ1) is 15.1. The molecule has 0 unspecified atom stereocenters. The van der Waals surface area contributed by atoms with Crippen molar-refractivity contribution in [2.45, 2.75) is 12.8 Å². The second-order valence-corrected chi connectivity index (χ2v) is 8.30. The zero-order valence-electron chi connectivity index (χ0n) is 16.6. The second kappa shape index (κ2) is 8.20. The molecule has 2 heterocycles. The first kappa shape index (κ1) is 19.3. The Morgan fingerprint density at radius 1 is 1.06 bits per heavy atom. The van der Waals surface area contributed by atoms with Crippen LogP contribution in [0.15, 0.2) is 66.7 Å². The van der Waals surface area contributed by atoms with E-state index >= 15 is 0 Å². The van der Waals surface area contributed by atoms with Crippen molar-refractivity contribution in [1.82, 2.24) is 4.98 Å². The van der Waals surface area contributed by atoms with Crippen LogP contribution in [0.1, 0.15) is 12.0 Å². The maximum atomic E-state index is 12.4. The van der Waals surface area contributed by atoms with E-state index in [4.69, 9.17) is 4.74 Å². The van der Waals surface area contributed by atoms with Crippen LogP contribution < -0.4 is 15.4 Å². The summed E-state index contributed by atoms with van der Waals surface area (Å²) in [5, 5.41) is 6.63. The summed E-state index contributed by atoms with van der Waals surface area (Å²) in [6, 6.07) is 21.1. The number of aryl methyl sites for hydroxylation is 1. The van der Waals surface area contributed by atoms with Crippen molar-refractivity contribution in [1.29, 1.82) is 0 Å². The van der Waals surface area contributed by atoms with Crippen LogP contribution >= 0.6 is 11.3 Å². The van der Waals surface area contributed by atoms with Crippen molar-refractivity contribution in [3.63, 3.8) is 0 Å². The molecule has 2 N–H and O–H groups in total. The van der Waals surface area contributed by atoms with Crippen LogP contribution in [0, 0.1) is 0 Å². The van der Waals surface area contributed by atoms with Gasteiger partial charge in [-0.05, 0) is 54.4 Å². The molecule has 31 heavy (non-hydrogen) atoms. The molecule has 3 aromatic carbocycles. The fourth-order valence-corrected chi connectivity index (χ4v) is 4.48. The van der Waals surface area contributed by atoms with Crippen molar-refractivity contribution >= 4 is 44.7 Å². The number of thiazole rings is 1. The molecular formula is C24H19N3O3S. The predicted octanol–water partition coefficient (Wildman–Crippen LogP) is 4.87. The fourth-order valence-electron chi connectivity index (χ4n) is 3.52. The van der Waals surface area contributed by atoms with Crippen molar-refractivity contribution in [3.8, 4) is 16.3 Å². The maximum absolute atomic E-state index is 12.4. The van der Waals surface area contributed by atoms with E-state index in [1.807, 2.05) is 54.6 Å². The number of para-hydroxylation sites is 1. The number of hydrogen-bond donors (Lipinski definition) is 2. The first-order valence-electron chi connectivity index (χ1n) is 9.95. The van der Waals surface area contributed by atoms with Crippen molar-refractivity contribution in [3.05, 3.63) is 72.3 Å². The van der Waals surface area contributed by atoms with E-state index in [1.54, 1.807) is 23.5 Å². The number of anilines is 2. The quantitative estimate of drug-likeness (QED) is 0.475. The lowest BCUT2D eigenvalue weighted by molar-refractivity contribution is -0.118. The molecule has 1 aliphatic rings. The molecule has 0 atom stereocenters. The Morgan fingerprint density at radius 3 is 2.87 bits per heavy atom. The average molecular weight is 430 g/mol. The molecule has 0 radical (unpaired) electrons. The SMILES string of the molecule is O=C(COc1ccc2c(c1)CCC(=O)N2)Nc1cccc(-c2nc3ccccc3s2)c1. The van der Waals surface area contributed by atoms with Crippen LogP contribution in [-0.2, 0) is 16.0 Å². The Labute approximate surface area is 182 Å². The highest BCUT2D eigenvalue weighted by atomic mass is 32.1. The summed E-state index contributed by atoms with van der Waals surface area (Å²) < 4.78 is 6.78. The number of fused-ring (bicyclic) bond motifs is 2. The van der Waals surface area contributed by atoms with E-state index in [1.165, 1.54) is 0 Å². The molecule has 2 amide bonds. The van der Waals surface area contributed by atoms with Crippen molar-refractivity contribution in [2.75, 3.05) is 17.2 Å². The number of nitrogens with zero attached hydrogens (tertiary/aromatic N) is 1. The number of aromatic nitrogens is 1. The molecular weight excluding hydrogens is 410 g/mol. The molecule has 4 aromatic rings. The standard InChI is InChI=1S/C24H19N3O3S/c28-22-11-8-15-13-18(9-10-19(15)26-22)30-14-23(29)25-17-5-3-4-16(12-17)24-27-20-6-1-2-7-21(20)31-24/h1-7,9-10,12-13H,8,11,14H2,(H,25,29)(H,26,28). The van der Waals surface area contributed by atoms with Gasteiger partial charge in [0.05, 0.1) is 10.2 Å². The van der Waals surface area contributed by atoms with Gasteiger partial charge in [-0.15, -0.1) is 11.3 Å². The zero-order chi connectivity index (χ0) is 21.2. The molecule has 0 spiro atoms. The van der Waals surface area contributed by atoms with Gasteiger partial charge in [0.1, 0.15) is 10.8 Å². The molecule has 0 saturated carbocycles. The van der Waals surface area contributed by atoms with E-state index in [0.717, 1.165) is 32.0 Å². The molecule has 7 heteroatoms. The van der Waals surface area contributed by atoms with Crippen LogP contribution in [0.25, 0.3) is 20.8 Å². The Bertz CT molecular complexity index is 1270. The molecule has 5 rings (SSSR count).